The molecule has 1 amide bonds. The van der Waals surface area contributed by atoms with E-state index in [9.17, 15) is 14.7 Å². The zero-order valence-electron chi connectivity index (χ0n) is 12.1. The molecule has 0 radical (unpaired) electrons. The summed E-state index contributed by atoms with van der Waals surface area (Å²) >= 11 is 0. The molecule has 2 aliphatic rings. The lowest BCUT2D eigenvalue weighted by Gasteiger charge is -2.45. The number of esters is 1. The van der Waals surface area contributed by atoms with Crippen molar-refractivity contribution in [1.82, 2.24) is 4.90 Å². The highest BCUT2D eigenvalue weighted by atomic mass is 16.6. The molecule has 2 rings (SSSR count). The molecule has 0 aromatic carbocycles. The second-order valence-corrected chi connectivity index (χ2v) is 5.61. The number of likely N-dealkylation sites (tertiary alicyclic amines) is 1. The predicted octanol–water partition coefficient (Wildman–Crippen LogP) is 1.17. The molecule has 1 aliphatic heterocycles. The summed E-state index contributed by atoms with van der Waals surface area (Å²) < 4.78 is 9.84. The Labute approximate surface area is 119 Å². The minimum absolute atomic E-state index is 0.272. The average molecular weight is 285 g/mol. The Bertz CT molecular complexity index is 373. The van der Waals surface area contributed by atoms with E-state index in [2.05, 4.69) is 0 Å². The summed E-state index contributed by atoms with van der Waals surface area (Å²) in [4.78, 5) is 25.4. The normalized spacial score (nSPS) is 33.2. The molecule has 0 aromatic heterocycles. The Morgan fingerprint density at radius 1 is 1.25 bits per heavy atom. The molecule has 0 unspecified atom stereocenters. The second-order valence-electron chi connectivity index (χ2n) is 5.61. The van der Waals surface area contributed by atoms with E-state index in [0.717, 1.165) is 12.8 Å². The van der Waals surface area contributed by atoms with E-state index >= 15 is 0 Å². The number of rotatable bonds is 2. The van der Waals surface area contributed by atoms with E-state index in [4.69, 9.17) is 9.47 Å². The van der Waals surface area contributed by atoms with E-state index < -0.39 is 12.1 Å². The largest absolute Gasteiger partial charge is 0.464 e. The molecule has 1 aliphatic carbocycles. The highest BCUT2D eigenvalue weighted by molar-refractivity contribution is 5.81. The van der Waals surface area contributed by atoms with E-state index in [1.807, 2.05) is 0 Å². The van der Waals surface area contributed by atoms with Crippen molar-refractivity contribution in [2.24, 2.45) is 11.8 Å². The van der Waals surface area contributed by atoms with Gasteiger partial charge in [0.15, 0.2) is 0 Å². The number of ether oxygens (including phenoxy) is 2. The van der Waals surface area contributed by atoms with Crippen molar-refractivity contribution in [3.05, 3.63) is 0 Å². The minimum Gasteiger partial charge on any atom is -0.464 e. The van der Waals surface area contributed by atoms with Crippen molar-refractivity contribution in [3.8, 4) is 0 Å². The summed E-state index contributed by atoms with van der Waals surface area (Å²) in [5, 5.41) is 9.78. The third kappa shape index (κ3) is 3.06. The first-order valence-electron chi connectivity index (χ1n) is 7.26. The third-order valence-electron chi connectivity index (χ3n) is 4.41. The van der Waals surface area contributed by atoms with Crippen molar-refractivity contribution in [1.29, 1.82) is 0 Å². The quantitative estimate of drug-likeness (QED) is 0.771. The lowest BCUT2D eigenvalue weighted by Crippen LogP contribution is -2.55. The predicted molar refractivity (Wildman–Crippen MR) is 71.0 cm³/mol. The summed E-state index contributed by atoms with van der Waals surface area (Å²) in [5.74, 6) is 0.230. The summed E-state index contributed by atoms with van der Waals surface area (Å²) in [6.07, 6.45) is 2.14. The summed E-state index contributed by atoms with van der Waals surface area (Å²) in [6.45, 7) is 2.55. The number of nitrogens with zero attached hydrogens (tertiary/aromatic N) is 1. The molecule has 0 aromatic rings. The highest BCUT2D eigenvalue weighted by Gasteiger charge is 2.44. The first-order chi connectivity index (χ1) is 9.56. The minimum atomic E-state index is -0.589. The fourth-order valence-corrected chi connectivity index (χ4v) is 3.41. The molecule has 6 nitrogen and oxygen atoms in total. The molecule has 20 heavy (non-hydrogen) atoms. The lowest BCUT2D eigenvalue weighted by molar-refractivity contribution is -0.152. The van der Waals surface area contributed by atoms with Crippen LogP contribution in [0.4, 0.5) is 4.79 Å². The molecule has 2 fully saturated rings. The van der Waals surface area contributed by atoms with Crippen LogP contribution in [0.25, 0.3) is 0 Å². The van der Waals surface area contributed by atoms with Crippen molar-refractivity contribution in [3.63, 3.8) is 0 Å². The van der Waals surface area contributed by atoms with Crippen LogP contribution in [0.15, 0.2) is 0 Å². The number of carbonyl (C=O) groups is 2. The number of fused-ring (bicyclic) bond motifs is 1. The Hall–Kier alpha value is -1.30. The maximum atomic E-state index is 12.1. The zero-order chi connectivity index (χ0) is 14.7. The van der Waals surface area contributed by atoms with Crippen LogP contribution in [0, 0.1) is 11.8 Å². The van der Waals surface area contributed by atoms with Gasteiger partial charge in [0.1, 0.15) is 6.04 Å². The second kappa shape index (κ2) is 6.43. The number of methoxy groups -OCH3 is 1. The monoisotopic (exact) mass is 285 g/mol. The molecule has 0 bridgehead atoms. The zero-order valence-corrected chi connectivity index (χ0v) is 12.1. The first-order valence-corrected chi connectivity index (χ1v) is 7.26. The van der Waals surface area contributed by atoms with Crippen LogP contribution in [0.1, 0.15) is 32.6 Å². The molecule has 114 valence electrons. The molecular weight excluding hydrogens is 262 g/mol. The van der Waals surface area contributed by atoms with Gasteiger partial charge < -0.3 is 14.6 Å². The Kier molecular flexibility index (Phi) is 4.86. The van der Waals surface area contributed by atoms with Gasteiger partial charge >= 0.3 is 12.1 Å². The van der Waals surface area contributed by atoms with Gasteiger partial charge in [-0.3, -0.25) is 4.90 Å². The van der Waals surface area contributed by atoms with Gasteiger partial charge in [-0.15, -0.1) is 0 Å². The van der Waals surface area contributed by atoms with Gasteiger partial charge in [-0.2, -0.15) is 0 Å². The Morgan fingerprint density at radius 2 is 2.00 bits per heavy atom. The number of hydrogen-bond acceptors (Lipinski definition) is 5. The van der Waals surface area contributed by atoms with E-state index in [-0.39, 0.29) is 18.0 Å². The van der Waals surface area contributed by atoms with Gasteiger partial charge in [0.25, 0.3) is 0 Å². The number of hydrogen-bond donors (Lipinski definition) is 1. The van der Waals surface area contributed by atoms with Gasteiger partial charge in [-0.1, -0.05) is 0 Å². The van der Waals surface area contributed by atoms with Crippen LogP contribution in [0.2, 0.25) is 0 Å². The standard InChI is InChI=1S/C14H23NO5/c1-3-20-13(17)12-7-10-6-11(16)5-4-9(10)8-15(12)14(18)19-2/h9-12,16H,3-8H2,1-2H3/t9-,10+,11-,12+/m1/s1. The van der Waals surface area contributed by atoms with Gasteiger partial charge in [0.05, 0.1) is 19.8 Å². The lowest BCUT2D eigenvalue weighted by atomic mass is 9.72. The molecule has 1 saturated heterocycles. The molecule has 6 heteroatoms. The summed E-state index contributed by atoms with van der Waals surface area (Å²) in [7, 11) is 1.32. The van der Waals surface area contributed by atoms with Crippen LogP contribution >= 0.6 is 0 Å². The van der Waals surface area contributed by atoms with Crippen molar-refractivity contribution in [2.45, 2.75) is 44.8 Å². The molecule has 4 atom stereocenters. The summed E-state index contributed by atoms with van der Waals surface area (Å²) in [5.41, 5.74) is 0. The number of carbonyl (C=O) groups excluding carboxylic acids is 2. The summed E-state index contributed by atoms with van der Waals surface area (Å²) in [6, 6.07) is -0.589. The fraction of sp³-hybridized carbons (Fsp3) is 0.857. The maximum absolute atomic E-state index is 12.1. The van der Waals surface area contributed by atoms with Crippen LogP contribution in [0.3, 0.4) is 0 Å². The molecule has 1 heterocycles. The number of amides is 1. The molecule has 1 saturated carbocycles. The van der Waals surface area contributed by atoms with Crippen molar-refractivity contribution < 1.29 is 24.2 Å². The number of aliphatic hydroxyl groups excluding tert-OH is 1. The molecule has 1 N–H and O–H groups in total. The van der Waals surface area contributed by atoms with E-state index in [1.54, 1.807) is 6.92 Å². The molecule has 0 spiro atoms. The van der Waals surface area contributed by atoms with Gasteiger partial charge in [-0.25, -0.2) is 9.59 Å². The van der Waals surface area contributed by atoms with Gasteiger partial charge in [0.2, 0.25) is 0 Å². The van der Waals surface area contributed by atoms with Crippen molar-refractivity contribution >= 4 is 12.1 Å². The maximum Gasteiger partial charge on any atom is 0.410 e. The van der Waals surface area contributed by atoms with E-state index in [0.29, 0.717) is 31.9 Å². The smallest absolute Gasteiger partial charge is 0.410 e. The highest BCUT2D eigenvalue weighted by Crippen LogP contribution is 2.39. The third-order valence-corrected chi connectivity index (χ3v) is 4.41. The van der Waals surface area contributed by atoms with Crippen LogP contribution in [-0.2, 0) is 14.3 Å². The topological polar surface area (TPSA) is 76.1 Å². The van der Waals surface area contributed by atoms with E-state index in [1.165, 1.54) is 12.0 Å². The van der Waals surface area contributed by atoms with Gasteiger partial charge in [0, 0.05) is 6.54 Å². The Balaban J connectivity index is 2.13. The average Bonchev–Trinajstić information content (AvgIpc) is 2.45. The van der Waals surface area contributed by atoms with Crippen LogP contribution in [0.5, 0.6) is 0 Å². The van der Waals surface area contributed by atoms with Gasteiger partial charge in [-0.05, 0) is 44.4 Å². The first kappa shape index (κ1) is 15.1. The number of aliphatic hydroxyl groups is 1. The number of piperidine rings is 1. The fourth-order valence-electron chi connectivity index (χ4n) is 3.41. The Morgan fingerprint density at radius 3 is 2.65 bits per heavy atom. The van der Waals surface area contributed by atoms with Crippen molar-refractivity contribution in [2.75, 3.05) is 20.3 Å². The van der Waals surface area contributed by atoms with Crippen LogP contribution < -0.4 is 0 Å². The molecular formula is C14H23NO5. The van der Waals surface area contributed by atoms with Crippen LogP contribution in [-0.4, -0.2) is 54.5 Å². The SMILES string of the molecule is CCOC(=O)[C@@H]1C[C@@H]2C[C@H](O)CC[C@@H]2CN1C(=O)OC.